The van der Waals surface area contributed by atoms with Crippen molar-refractivity contribution in [2.24, 2.45) is 0 Å². The highest BCUT2D eigenvalue weighted by molar-refractivity contribution is 7.80. The van der Waals surface area contributed by atoms with Gasteiger partial charge in [-0.25, -0.2) is 9.29 Å². The molecule has 1 aliphatic rings. The number of anilines is 1. The fourth-order valence-electron chi connectivity index (χ4n) is 2.88. The zero-order valence-corrected chi connectivity index (χ0v) is 17.2. The smallest absolute Gasteiger partial charge is 0.281 e. The predicted octanol–water partition coefficient (Wildman–Crippen LogP) is 4.67. The lowest BCUT2D eigenvalue weighted by atomic mass is 10.1. The minimum absolute atomic E-state index is 0.119. The quantitative estimate of drug-likeness (QED) is 0.387. The van der Waals surface area contributed by atoms with Crippen LogP contribution < -0.4 is 19.7 Å². The van der Waals surface area contributed by atoms with Gasteiger partial charge in [0, 0.05) is 0 Å². The summed E-state index contributed by atoms with van der Waals surface area (Å²) in [6, 6.07) is 11.5. The Kier molecular flexibility index (Phi) is 6.82. The summed E-state index contributed by atoms with van der Waals surface area (Å²) in [6.45, 7) is 5.10. The number of nitrogens with one attached hydrogen (secondary N) is 1. The monoisotopic (exact) mass is 414 g/mol. The Balaban J connectivity index is 1.86. The van der Waals surface area contributed by atoms with Crippen LogP contribution in [0, 0.1) is 5.82 Å². The van der Waals surface area contributed by atoms with Crippen LogP contribution in [0.25, 0.3) is 6.08 Å². The molecule has 5 nitrogen and oxygen atoms in total. The number of halogens is 1. The second kappa shape index (κ2) is 9.52. The Morgan fingerprint density at radius 3 is 2.66 bits per heavy atom. The summed E-state index contributed by atoms with van der Waals surface area (Å²) in [6.07, 6.45) is 3.66. The lowest BCUT2D eigenvalue weighted by Crippen LogP contribution is -2.31. The molecule has 0 saturated carbocycles. The number of hydrogen-bond acceptors (Lipinski definition) is 4. The lowest BCUT2D eigenvalue weighted by molar-refractivity contribution is -0.113. The Morgan fingerprint density at radius 1 is 1.14 bits per heavy atom. The molecule has 29 heavy (non-hydrogen) atoms. The van der Waals surface area contributed by atoms with Gasteiger partial charge in [-0.3, -0.25) is 4.79 Å². The zero-order chi connectivity index (χ0) is 20.8. The second-order valence-electron chi connectivity index (χ2n) is 6.42. The lowest BCUT2D eigenvalue weighted by Gasteiger charge is -2.14. The predicted molar refractivity (Wildman–Crippen MR) is 116 cm³/mol. The van der Waals surface area contributed by atoms with Crippen LogP contribution in [-0.4, -0.2) is 24.2 Å². The second-order valence-corrected chi connectivity index (χ2v) is 6.81. The number of amides is 1. The number of carbonyl (C=O) groups excluding carboxylic acids is 1. The highest BCUT2D eigenvalue weighted by Crippen LogP contribution is 2.31. The number of nitrogens with zero attached hydrogens (tertiary/aromatic N) is 1. The third-order valence-electron chi connectivity index (χ3n) is 4.31. The van der Waals surface area contributed by atoms with E-state index in [9.17, 15) is 9.18 Å². The number of hydrogen-bond donors (Lipinski definition) is 1. The highest BCUT2D eigenvalue weighted by Gasteiger charge is 2.33. The number of ether oxygens (including phenoxy) is 2. The van der Waals surface area contributed by atoms with Gasteiger partial charge in [0.25, 0.3) is 5.91 Å². The van der Waals surface area contributed by atoms with Crippen molar-refractivity contribution < 1.29 is 18.7 Å². The minimum Gasteiger partial charge on any atom is -0.490 e. The van der Waals surface area contributed by atoms with E-state index in [0.717, 1.165) is 23.3 Å². The highest BCUT2D eigenvalue weighted by atomic mass is 32.1. The molecular weight excluding hydrogens is 391 g/mol. The molecule has 1 heterocycles. The van der Waals surface area contributed by atoms with Crippen molar-refractivity contribution in [2.75, 3.05) is 18.1 Å². The minimum atomic E-state index is -0.515. The third kappa shape index (κ3) is 4.74. The molecule has 3 rings (SSSR count). The Bertz CT molecular complexity index is 945. The molecule has 1 N–H and O–H groups in total. The van der Waals surface area contributed by atoms with E-state index in [2.05, 4.69) is 12.2 Å². The van der Waals surface area contributed by atoms with Crippen molar-refractivity contribution >= 4 is 35.0 Å². The van der Waals surface area contributed by atoms with Crippen LogP contribution in [0.2, 0.25) is 0 Å². The molecule has 152 valence electrons. The number of carbonyl (C=O) groups is 1. The van der Waals surface area contributed by atoms with Crippen LogP contribution >= 0.6 is 12.2 Å². The van der Waals surface area contributed by atoms with Gasteiger partial charge in [0.15, 0.2) is 16.6 Å². The molecule has 0 atom stereocenters. The van der Waals surface area contributed by atoms with E-state index >= 15 is 0 Å². The molecule has 2 aromatic carbocycles. The van der Waals surface area contributed by atoms with Crippen LogP contribution in [0.1, 0.15) is 32.3 Å². The van der Waals surface area contributed by atoms with Crippen molar-refractivity contribution in [3.63, 3.8) is 0 Å². The average Bonchev–Trinajstić information content (AvgIpc) is 2.97. The van der Waals surface area contributed by atoms with Crippen molar-refractivity contribution in [1.29, 1.82) is 0 Å². The maximum Gasteiger partial charge on any atom is 0.281 e. The molecule has 0 unspecified atom stereocenters. The van der Waals surface area contributed by atoms with Gasteiger partial charge in [0.2, 0.25) is 0 Å². The molecule has 0 aliphatic carbocycles. The van der Waals surface area contributed by atoms with Gasteiger partial charge in [0.1, 0.15) is 11.5 Å². The van der Waals surface area contributed by atoms with Crippen molar-refractivity contribution in [3.8, 4) is 11.5 Å². The summed E-state index contributed by atoms with van der Waals surface area (Å²) in [5.41, 5.74) is 1.12. The van der Waals surface area contributed by atoms with Crippen LogP contribution in [0.3, 0.4) is 0 Å². The first kappa shape index (κ1) is 20.8. The maximum absolute atomic E-state index is 14.1. The van der Waals surface area contributed by atoms with Gasteiger partial charge < -0.3 is 14.8 Å². The first-order chi connectivity index (χ1) is 14.0. The molecule has 1 fully saturated rings. The Labute approximate surface area is 175 Å². The summed E-state index contributed by atoms with van der Waals surface area (Å²) in [4.78, 5) is 14.0. The van der Waals surface area contributed by atoms with E-state index in [0.29, 0.717) is 24.7 Å². The van der Waals surface area contributed by atoms with E-state index in [1.807, 2.05) is 25.1 Å². The van der Waals surface area contributed by atoms with Crippen LogP contribution in [0.4, 0.5) is 10.1 Å². The summed E-state index contributed by atoms with van der Waals surface area (Å²) in [5, 5.41) is 3.00. The van der Waals surface area contributed by atoms with Gasteiger partial charge in [-0.1, -0.05) is 31.5 Å². The average molecular weight is 415 g/mol. The summed E-state index contributed by atoms with van der Waals surface area (Å²) in [5.74, 6) is 0.341. The molecule has 0 spiro atoms. The molecule has 1 aliphatic heterocycles. The molecular formula is C22H23FN2O3S. The fraction of sp³-hybridized carbons (Fsp3) is 0.273. The first-order valence-corrected chi connectivity index (χ1v) is 9.97. The third-order valence-corrected chi connectivity index (χ3v) is 4.59. The standard InChI is InChI=1S/C22H23FN2O3S/c1-3-5-12-28-19-11-10-15(14-20(19)27-4-2)13-17-21(26)25(22(29)24-17)18-9-7-6-8-16(18)23/h6-11,13-14H,3-5,12H2,1-2H3,(H,24,29)/b17-13-. The molecule has 0 bridgehead atoms. The van der Waals surface area contributed by atoms with E-state index in [4.69, 9.17) is 21.7 Å². The zero-order valence-electron chi connectivity index (χ0n) is 16.4. The molecule has 0 radical (unpaired) electrons. The first-order valence-electron chi connectivity index (χ1n) is 9.56. The van der Waals surface area contributed by atoms with Gasteiger partial charge in [-0.05, 0) is 61.5 Å². The molecule has 2 aromatic rings. The van der Waals surface area contributed by atoms with E-state index in [1.165, 1.54) is 12.1 Å². The molecule has 1 amide bonds. The molecule has 7 heteroatoms. The summed E-state index contributed by atoms with van der Waals surface area (Å²) in [7, 11) is 0. The van der Waals surface area contributed by atoms with Crippen LogP contribution in [0.5, 0.6) is 11.5 Å². The van der Waals surface area contributed by atoms with E-state index in [-0.39, 0.29) is 16.5 Å². The number of rotatable bonds is 8. The Hall–Kier alpha value is -2.93. The van der Waals surface area contributed by atoms with Gasteiger partial charge >= 0.3 is 0 Å². The van der Waals surface area contributed by atoms with Crippen molar-refractivity contribution in [2.45, 2.75) is 26.7 Å². The van der Waals surface area contributed by atoms with Crippen LogP contribution in [0.15, 0.2) is 48.2 Å². The molecule has 0 aromatic heterocycles. The normalized spacial score (nSPS) is 15.0. The van der Waals surface area contributed by atoms with E-state index < -0.39 is 11.7 Å². The van der Waals surface area contributed by atoms with Gasteiger partial charge in [0.05, 0.1) is 18.9 Å². The van der Waals surface area contributed by atoms with E-state index in [1.54, 1.807) is 18.2 Å². The summed E-state index contributed by atoms with van der Waals surface area (Å²) < 4.78 is 25.6. The van der Waals surface area contributed by atoms with Gasteiger partial charge in [-0.2, -0.15) is 0 Å². The van der Waals surface area contributed by atoms with Crippen LogP contribution in [-0.2, 0) is 4.79 Å². The summed E-state index contributed by atoms with van der Waals surface area (Å²) >= 11 is 5.24. The number of benzene rings is 2. The maximum atomic E-state index is 14.1. The fourth-order valence-corrected chi connectivity index (χ4v) is 3.17. The number of unbranched alkanes of at least 4 members (excludes halogenated alkanes) is 1. The number of para-hydroxylation sites is 1. The SMILES string of the molecule is CCCCOc1ccc(/C=C2\NC(=S)N(c3ccccc3F)C2=O)cc1OCC. The van der Waals surface area contributed by atoms with Crippen molar-refractivity contribution in [3.05, 3.63) is 59.5 Å². The number of thiocarbonyl (C=S) groups is 1. The van der Waals surface area contributed by atoms with Gasteiger partial charge in [-0.15, -0.1) is 0 Å². The Morgan fingerprint density at radius 2 is 1.93 bits per heavy atom. The van der Waals surface area contributed by atoms with Crippen molar-refractivity contribution in [1.82, 2.24) is 5.32 Å². The molecule has 1 saturated heterocycles. The largest absolute Gasteiger partial charge is 0.490 e. The topological polar surface area (TPSA) is 50.8 Å².